The highest BCUT2D eigenvalue weighted by molar-refractivity contribution is 6.04. The first-order valence-electron chi connectivity index (χ1n) is 10.4. The number of hydrogen-bond acceptors (Lipinski definition) is 6. The molecule has 4 rings (SSSR count). The van der Waals surface area contributed by atoms with E-state index in [1.54, 1.807) is 22.9 Å². The van der Waals surface area contributed by atoms with Crippen molar-refractivity contribution < 1.29 is 13.6 Å². The number of nitrogens with one attached hydrogen (secondary N) is 2. The van der Waals surface area contributed by atoms with Gasteiger partial charge in [0, 0.05) is 41.6 Å². The summed E-state index contributed by atoms with van der Waals surface area (Å²) in [7, 11) is 0. The molecule has 2 heterocycles. The van der Waals surface area contributed by atoms with Crippen molar-refractivity contribution in [2.75, 3.05) is 16.4 Å². The number of hydrogen-bond donors (Lipinski definition) is 3. The lowest BCUT2D eigenvalue weighted by Crippen LogP contribution is -2.14. The van der Waals surface area contributed by atoms with Crippen molar-refractivity contribution in [2.45, 2.75) is 26.7 Å². The Morgan fingerprint density at radius 3 is 2.59 bits per heavy atom. The van der Waals surface area contributed by atoms with Crippen molar-refractivity contribution in [3.63, 3.8) is 0 Å². The second-order valence-corrected chi connectivity index (χ2v) is 7.96. The molecule has 174 valence electrons. The van der Waals surface area contributed by atoms with Gasteiger partial charge in [-0.25, -0.2) is 18.7 Å². The van der Waals surface area contributed by atoms with Gasteiger partial charge in [0.1, 0.15) is 18.0 Å². The number of nitrogens with two attached hydrogens (primary N) is 1. The van der Waals surface area contributed by atoms with Crippen molar-refractivity contribution in [3.8, 4) is 5.82 Å². The fraction of sp³-hybridized carbons (Fsp3) is 0.167. The third-order valence-electron chi connectivity index (χ3n) is 5.11. The Kier molecular flexibility index (Phi) is 5.97. The van der Waals surface area contributed by atoms with Crippen molar-refractivity contribution in [1.82, 2.24) is 19.7 Å². The summed E-state index contributed by atoms with van der Waals surface area (Å²) < 4.78 is 28.9. The number of aromatic nitrogens is 4. The van der Waals surface area contributed by atoms with Gasteiger partial charge in [0.25, 0.3) is 11.8 Å². The summed E-state index contributed by atoms with van der Waals surface area (Å²) in [4.78, 5) is 20.8. The van der Waals surface area contributed by atoms with Gasteiger partial charge in [-0.1, -0.05) is 18.2 Å². The lowest BCUT2D eigenvalue weighted by atomic mass is 10.1. The molecule has 0 aliphatic heterocycles. The lowest BCUT2D eigenvalue weighted by molar-refractivity contribution is 0.0174. The molecule has 1 amide bonds. The van der Waals surface area contributed by atoms with Crippen LogP contribution in [0.4, 0.5) is 31.8 Å². The van der Waals surface area contributed by atoms with Crippen molar-refractivity contribution in [3.05, 3.63) is 83.3 Å². The van der Waals surface area contributed by atoms with Crippen LogP contribution in [0.5, 0.6) is 0 Å². The second kappa shape index (κ2) is 8.89. The molecule has 10 heteroatoms. The number of aryl methyl sites for hydroxylation is 2. The molecule has 0 aliphatic rings. The Morgan fingerprint density at radius 1 is 1.06 bits per heavy atom. The first-order chi connectivity index (χ1) is 16.1. The molecule has 4 aromatic rings. The van der Waals surface area contributed by atoms with Crippen molar-refractivity contribution >= 4 is 28.9 Å². The number of nitrogen functional groups attached to an aromatic ring is 1. The molecule has 0 fully saturated rings. The van der Waals surface area contributed by atoms with E-state index in [4.69, 9.17) is 5.73 Å². The molecular weight excluding hydrogens is 440 g/mol. The molecule has 0 saturated heterocycles. The Hall–Kier alpha value is -4.34. The highest BCUT2D eigenvalue weighted by Gasteiger charge is 2.25. The lowest BCUT2D eigenvalue weighted by Gasteiger charge is -2.14. The van der Waals surface area contributed by atoms with E-state index in [1.807, 2.05) is 26.0 Å². The van der Waals surface area contributed by atoms with Gasteiger partial charge in [-0.2, -0.15) is 9.78 Å². The Morgan fingerprint density at radius 2 is 1.85 bits per heavy atom. The zero-order valence-corrected chi connectivity index (χ0v) is 18.8. The highest BCUT2D eigenvalue weighted by Crippen LogP contribution is 2.29. The first kappa shape index (κ1) is 22.8. The standard InChI is InChI=1S/C24H23F2N7O/c1-14-7-8-18(30-23(34)16-5-4-6-17(10-16)24(3,25)26)11-19(14)31-22-9-15(2)32-33(22)21-12-20(27)28-13-29-21/h4-13,31H,1-3H3,(H,30,34)(H2,27,28,29). The van der Waals surface area contributed by atoms with Gasteiger partial charge in [0.05, 0.1) is 5.69 Å². The van der Waals surface area contributed by atoms with E-state index in [0.29, 0.717) is 23.1 Å². The van der Waals surface area contributed by atoms with E-state index in [2.05, 4.69) is 25.7 Å². The predicted octanol–water partition coefficient (Wildman–Crippen LogP) is 4.97. The number of nitrogens with zero attached hydrogens (tertiary/aromatic N) is 4. The van der Waals surface area contributed by atoms with Crippen LogP contribution < -0.4 is 16.4 Å². The van der Waals surface area contributed by atoms with Crippen LogP contribution in [-0.4, -0.2) is 25.7 Å². The fourth-order valence-corrected chi connectivity index (χ4v) is 3.35. The van der Waals surface area contributed by atoms with Crippen LogP contribution in [0.15, 0.2) is 60.9 Å². The minimum atomic E-state index is -3.04. The van der Waals surface area contributed by atoms with Gasteiger partial charge in [-0.15, -0.1) is 0 Å². The van der Waals surface area contributed by atoms with E-state index in [-0.39, 0.29) is 11.1 Å². The smallest absolute Gasteiger partial charge is 0.270 e. The summed E-state index contributed by atoms with van der Waals surface area (Å²) in [6, 6.07) is 14.2. The molecule has 0 radical (unpaired) electrons. The number of anilines is 4. The molecule has 2 aromatic carbocycles. The van der Waals surface area contributed by atoms with Crippen molar-refractivity contribution in [2.24, 2.45) is 0 Å². The van der Waals surface area contributed by atoms with Gasteiger partial charge in [-0.3, -0.25) is 4.79 Å². The molecule has 2 aromatic heterocycles. The molecular formula is C24H23F2N7O. The van der Waals surface area contributed by atoms with Crippen LogP contribution in [0, 0.1) is 13.8 Å². The van der Waals surface area contributed by atoms with Gasteiger partial charge < -0.3 is 16.4 Å². The summed E-state index contributed by atoms with van der Waals surface area (Å²) in [6.07, 6.45) is 1.36. The molecule has 0 unspecified atom stereocenters. The van der Waals surface area contributed by atoms with Crippen LogP contribution in [0.3, 0.4) is 0 Å². The maximum atomic E-state index is 13.6. The molecule has 0 aliphatic carbocycles. The van der Waals surface area contributed by atoms with E-state index in [9.17, 15) is 13.6 Å². The summed E-state index contributed by atoms with van der Waals surface area (Å²) >= 11 is 0. The number of benzene rings is 2. The van der Waals surface area contributed by atoms with E-state index >= 15 is 0 Å². The second-order valence-electron chi connectivity index (χ2n) is 7.96. The van der Waals surface area contributed by atoms with E-state index < -0.39 is 11.8 Å². The Labute approximate surface area is 194 Å². The summed E-state index contributed by atoms with van der Waals surface area (Å²) in [5, 5.41) is 10.5. The monoisotopic (exact) mass is 463 g/mol. The van der Waals surface area contributed by atoms with Gasteiger partial charge >= 0.3 is 0 Å². The maximum Gasteiger partial charge on any atom is 0.270 e. The van der Waals surface area contributed by atoms with E-state index in [1.165, 1.54) is 30.6 Å². The Balaban J connectivity index is 1.59. The number of alkyl halides is 2. The summed E-state index contributed by atoms with van der Waals surface area (Å²) in [5.41, 5.74) is 8.60. The quantitative estimate of drug-likeness (QED) is 0.372. The SMILES string of the molecule is Cc1cc(Nc2cc(NC(=O)c3cccc(C(C)(F)F)c3)ccc2C)n(-c2cc(N)ncn2)n1. The normalized spacial score (nSPS) is 11.3. The third kappa shape index (κ3) is 5.01. The van der Waals surface area contributed by atoms with Crippen LogP contribution in [0.1, 0.15) is 34.1 Å². The molecule has 0 saturated carbocycles. The largest absolute Gasteiger partial charge is 0.384 e. The minimum Gasteiger partial charge on any atom is -0.384 e. The average Bonchev–Trinajstić information content (AvgIpc) is 3.15. The van der Waals surface area contributed by atoms with Gasteiger partial charge in [-0.05, 0) is 43.7 Å². The summed E-state index contributed by atoms with van der Waals surface area (Å²) in [6.45, 7) is 4.56. The molecule has 8 nitrogen and oxygen atoms in total. The third-order valence-corrected chi connectivity index (χ3v) is 5.11. The maximum absolute atomic E-state index is 13.6. The summed E-state index contributed by atoms with van der Waals surface area (Å²) in [5.74, 6) is -2.07. The predicted molar refractivity (Wildman–Crippen MR) is 127 cm³/mol. The molecule has 0 atom stereocenters. The molecule has 0 spiro atoms. The number of rotatable bonds is 6. The molecule has 34 heavy (non-hydrogen) atoms. The molecule has 4 N–H and O–H groups in total. The fourth-order valence-electron chi connectivity index (χ4n) is 3.35. The number of halogens is 2. The number of amides is 1. The number of carbonyl (C=O) groups excluding carboxylic acids is 1. The van der Waals surface area contributed by atoms with Crippen LogP contribution >= 0.6 is 0 Å². The van der Waals surface area contributed by atoms with Gasteiger partial charge in [0.15, 0.2) is 5.82 Å². The number of carbonyl (C=O) groups is 1. The minimum absolute atomic E-state index is 0.143. The van der Waals surface area contributed by atoms with Crippen LogP contribution in [0.25, 0.3) is 5.82 Å². The van der Waals surface area contributed by atoms with Crippen LogP contribution in [0.2, 0.25) is 0 Å². The molecule has 0 bridgehead atoms. The van der Waals surface area contributed by atoms with Gasteiger partial charge in [0.2, 0.25) is 0 Å². The zero-order chi connectivity index (χ0) is 24.5. The highest BCUT2D eigenvalue weighted by atomic mass is 19.3. The van der Waals surface area contributed by atoms with Crippen molar-refractivity contribution in [1.29, 1.82) is 0 Å². The Bertz CT molecular complexity index is 1360. The average molecular weight is 463 g/mol. The van der Waals surface area contributed by atoms with Crippen LogP contribution in [-0.2, 0) is 5.92 Å². The zero-order valence-electron chi connectivity index (χ0n) is 18.8. The van der Waals surface area contributed by atoms with E-state index in [0.717, 1.165) is 23.9 Å². The topological polar surface area (TPSA) is 111 Å². The first-order valence-corrected chi connectivity index (χ1v) is 10.4.